The number of nitrogens with zero attached hydrogens (tertiary/aromatic N) is 2. The van der Waals surface area contributed by atoms with Crippen molar-refractivity contribution in [2.75, 3.05) is 0 Å². The minimum atomic E-state index is -0.357. The lowest BCUT2D eigenvalue weighted by Gasteiger charge is -2.04. The van der Waals surface area contributed by atoms with Crippen molar-refractivity contribution >= 4 is 31.9 Å². The van der Waals surface area contributed by atoms with Crippen LogP contribution in [0.2, 0.25) is 0 Å². The molecule has 0 unspecified atom stereocenters. The standard InChI is InChI=1S/C4H2Br2N2O/c5-2-1-7-8-4(9)3(2)6/h1H,(H,8,9)/p-1. The van der Waals surface area contributed by atoms with Crippen LogP contribution in [0.15, 0.2) is 15.1 Å². The molecule has 0 aliphatic carbocycles. The second kappa shape index (κ2) is 2.62. The highest BCUT2D eigenvalue weighted by atomic mass is 79.9. The summed E-state index contributed by atoms with van der Waals surface area (Å²) in [5, 5.41) is 17.3. The van der Waals surface area contributed by atoms with Crippen LogP contribution in [-0.4, -0.2) is 10.2 Å². The molecule has 1 aromatic rings. The van der Waals surface area contributed by atoms with E-state index < -0.39 is 0 Å². The second-order valence-corrected chi connectivity index (χ2v) is 2.96. The lowest BCUT2D eigenvalue weighted by molar-refractivity contribution is -0.277. The van der Waals surface area contributed by atoms with Crippen molar-refractivity contribution in [3.63, 3.8) is 0 Å². The first-order valence-corrected chi connectivity index (χ1v) is 3.64. The van der Waals surface area contributed by atoms with Crippen LogP contribution in [0.25, 0.3) is 0 Å². The molecule has 0 amide bonds. The molecule has 0 aliphatic rings. The smallest absolute Gasteiger partial charge is 0.0649 e. The molecule has 3 nitrogen and oxygen atoms in total. The summed E-state index contributed by atoms with van der Waals surface area (Å²) in [6.07, 6.45) is 1.45. The van der Waals surface area contributed by atoms with Crippen LogP contribution in [-0.2, 0) is 0 Å². The van der Waals surface area contributed by atoms with Crippen LogP contribution in [0.3, 0.4) is 0 Å². The third-order valence-electron chi connectivity index (χ3n) is 0.717. The van der Waals surface area contributed by atoms with Gasteiger partial charge in [0.15, 0.2) is 0 Å². The fourth-order valence-corrected chi connectivity index (χ4v) is 0.778. The van der Waals surface area contributed by atoms with Gasteiger partial charge in [-0.05, 0) is 31.9 Å². The zero-order chi connectivity index (χ0) is 6.85. The van der Waals surface area contributed by atoms with E-state index in [-0.39, 0.29) is 5.88 Å². The zero-order valence-electron chi connectivity index (χ0n) is 4.14. The molecule has 0 fully saturated rings. The van der Waals surface area contributed by atoms with E-state index >= 15 is 0 Å². The minimum absolute atomic E-state index is 0.357. The van der Waals surface area contributed by atoms with Gasteiger partial charge in [0, 0.05) is 10.4 Å². The van der Waals surface area contributed by atoms with Crippen LogP contribution in [0.1, 0.15) is 0 Å². The van der Waals surface area contributed by atoms with Crippen molar-refractivity contribution in [2.24, 2.45) is 0 Å². The maximum absolute atomic E-state index is 10.6. The van der Waals surface area contributed by atoms with Crippen molar-refractivity contribution in [2.45, 2.75) is 0 Å². The fraction of sp³-hybridized carbons (Fsp3) is 0. The molecule has 9 heavy (non-hydrogen) atoms. The summed E-state index contributed by atoms with van der Waals surface area (Å²) in [4.78, 5) is 0. The van der Waals surface area contributed by atoms with Crippen molar-refractivity contribution in [1.29, 1.82) is 0 Å². The van der Waals surface area contributed by atoms with Gasteiger partial charge in [0.1, 0.15) is 0 Å². The maximum Gasteiger partial charge on any atom is 0.0649 e. The Labute approximate surface area is 68.4 Å². The molecule has 0 bridgehead atoms. The fourth-order valence-electron chi connectivity index (χ4n) is 0.335. The van der Waals surface area contributed by atoms with Gasteiger partial charge in [-0.2, -0.15) is 10.2 Å². The first-order valence-electron chi connectivity index (χ1n) is 2.05. The van der Waals surface area contributed by atoms with Crippen molar-refractivity contribution < 1.29 is 5.11 Å². The molecular weight excluding hydrogens is 252 g/mol. The largest absolute Gasteiger partial charge is 0.857 e. The summed E-state index contributed by atoms with van der Waals surface area (Å²) in [7, 11) is 0. The van der Waals surface area contributed by atoms with Gasteiger partial charge in [-0.1, -0.05) is 0 Å². The lowest BCUT2D eigenvalue weighted by atomic mass is 10.6. The van der Waals surface area contributed by atoms with Crippen molar-refractivity contribution in [3.05, 3.63) is 15.1 Å². The molecule has 48 valence electrons. The molecule has 0 aliphatic heterocycles. The average Bonchev–Trinajstić information content (AvgIpc) is 1.83. The van der Waals surface area contributed by atoms with E-state index in [1.54, 1.807) is 0 Å². The highest BCUT2D eigenvalue weighted by Gasteiger charge is 1.94. The monoisotopic (exact) mass is 251 g/mol. The van der Waals surface area contributed by atoms with Crippen LogP contribution < -0.4 is 5.11 Å². The Kier molecular flexibility index (Phi) is 2.02. The minimum Gasteiger partial charge on any atom is -0.857 e. The first-order chi connectivity index (χ1) is 4.22. The predicted octanol–water partition coefficient (Wildman–Crippen LogP) is 1.08. The first kappa shape index (κ1) is 6.95. The van der Waals surface area contributed by atoms with Gasteiger partial charge in [0.05, 0.1) is 10.7 Å². The highest BCUT2D eigenvalue weighted by Crippen LogP contribution is 2.25. The Hall–Kier alpha value is -0.160. The van der Waals surface area contributed by atoms with E-state index in [1.165, 1.54) is 6.20 Å². The van der Waals surface area contributed by atoms with E-state index in [0.717, 1.165) is 0 Å². The van der Waals surface area contributed by atoms with Gasteiger partial charge in [-0.15, -0.1) is 0 Å². The van der Waals surface area contributed by atoms with E-state index in [4.69, 9.17) is 0 Å². The van der Waals surface area contributed by atoms with Gasteiger partial charge < -0.3 is 5.11 Å². The molecule has 0 saturated carbocycles. The average molecular weight is 253 g/mol. The number of rotatable bonds is 0. The summed E-state index contributed by atoms with van der Waals surface area (Å²) in [5.74, 6) is -0.357. The number of hydrogen-bond acceptors (Lipinski definition) is 3. The topological polar surface area (TPSA) is 48.8 Å². The summed E-state index contributed by atoms with van der Waals surface area (Å²) in [6, 6.07) is 0. The highest BCUT2D eigenvalue weighted by molar-refractivity contribution is 9.13. The SMILES string of the molecule is [O-]c1nncc(Br)c1Br. The molecular formula is C4HBr2N2O-. The Morgan fingerprint density at radius 1 is 1.44 bits per heavy atom. The molecule has 0 spiro atoms. The summed E-state index contributed by atoms with van der Waals surface area (Å²) < 4.78 is 1.04. The normalized spacial score (nSPS) is 9.56. The predicted molar refractivity (Wildman–Crippen MR) is 36.9 cm³/mol. The molecule has 1 heterocycles. The Morgan fingerprint density at radius 3 is 2.56 bits per heavy atom. The Balaban J connectivity index is 3.25. The van der Waals surface area contributed by atoms with Gasteiger partial charge in [0.25, 0.3) is 0 Å². The van der Waals surface area contributed by atoms with Gasteiger partial charge >= 0.3 is 0 Å². The molecule has 0 atom stereocenters. The van der Waals surface area contributed by atoms with Gasteiger partial charge in [-0.3, -0.25) is 0 Å². The molecule has 5 heteroatoms. The van der Waals surface area contributed by atoms with E-state index in [2.05, 4.69) is 42.1 Å². The van der Waals surface area contributed by atoms with Gasteiger partial charge in [-0.25, -0.2) is 0 Å². The molecule has 0 radical (unpaired) electrons. The number of hydrogen-bond donors (Lipinski definition) is 0. The number of halogens is 2. The zero-order valence-corrected chi connectivity index (χ0v) is 7.31. The van der Waals surface area contributed by atoms with E-state index in [9.17, 15) is 5.11 Å². The molecule has 0 saturated heterocycles. The molecule has 0 N–H and O–H groups in total. The van der Waals surface area contributed by atoms with Crippen LogP contribution in [0.4, 0.5) is 0 Å². The number of aromatic nitrogens is 2. The van der Waals surface area contributed by atoms with Crippen molar-refractivity contribution in [1.82, 2.24) is 10.2 Å². The summed E-state index contributed by atoms with van der Waals surface area (Å²) in [5.41, 5.74) is 0. The van der Waals surface area contributed by atoms with Gasteiger partial charge in [0.2, 0.25) is 0 Å². The molecule has 1 rings (SSSR count). The van der Waals surface area contributed by atoms with Crippen molar-refractivity contribution in [3.8, 4) is 5.88 Å². The lowest BCUT2D eigenvalue weighted by Crippen LogP contribution is -1.96. The van der Waals surface area contributed by atoms with E-state index in [0.29, 0.717) is 8.95 Å². The van der Waals surface area contributed by atoms with Crippen LogP contribution >= 0.6 is 31.9 Å². The quantitative estimate of drug-likeness (QED) is 0.694. The van der Waals surface area contributed by atoms with Crippen LogP contribution in [0.5, 0.6) is 5.88 Å². The maximum atomic E-state index is 10.6. The second-order valence-electron chi connectivity index (χ2n) is 1.31. The Bertz CT molecular complexity index is 208. The van der Waals surface area contributed by atoms with E-state index in [1.807, 2.05) is 0 Å². The molecule has 0 aromatic carbocycles. The third kappa shape index (κ3) is 1.40. The molecule has 1 aromatic heterocycles. The summed E-state index contributed by atoms with van der Waals surface area (Å²) in [6.45, 7) is 0. The third-order valence-corrected chi connectivity index (χ3v) is 2.62. The Morgan fingerprint density at radius 2 is 2.11 bits per heavy atom. The summed E-state index contributed by atoms with van der Waals surface area (Å²) >= 11 is 6.11. The van der Waals surface area contributed by atoms with Crippen LogP contribution in [0, 0.1) is 0 Å².